The Bertz CT molecular complexity index is 436. The van der Waals surface area contributed by atoms with Crippen LogP contribution in [0.4, 0.5) is 0 Å². The smallest absolute Gasteiger partial charge is 0.0787 e. The molecule has 0 atom stereocenters. The molecule has 1 aromatic carbocycles. The molecule has 0 amide bonds. The summed E-state index contributed by atoms with van der Waals surface area (Å²) in [6.45, 7) is 0. The number of benzene rings is 1. The van der Waals surface area contributed by atoms with Gasteiger partial charge in [-0.25, -0.2) is 0 Å². The molecule has 0 aliphatic carbocycles. The zero-order chi connectivity index (χ0) is 10.4. The Morgan fingerprint density at radius 3 is 2.00 bits per heavy atom. The molecule has 0 saturated carbocycles. The van der Waals surface area contributed by atoms with Crippen molar-refractivity contribution in [1.29, 1.82) is 0 Å². The maximum atomic E-state index is 8.33. The van der Waals surface area contributed by atoms with Gasteiger partial charge in [0.05, 0.1) is 0 Å². The van der Waals surface area contributed by atoms with Crippen LogP contribution in [0.5, 0.6) is 0 Å². The van der Waals surface area contributed by atoms with E-state index in [1.807, 2.05) is 0 Å². The summed E-state index contributed by atoms with van der Waals surface area (Å²) in [7, 11) is 0. The fourth-order valence-corrected chi connectivity index (χ4v) is 2.43. The Kier molecular flexibility index (Phi) is 3.51. The first kappa shape index (κ1) is 10.6. The van der Waals surface area contributed by atoms with E-state index in [-0.39, 0.29) is 0 Å². The quantitative estimate of drug-likeness (QED) is 0.335. The molecular formula is C6H5N6PS. The van der Waals surface area contributed by atoms with E-state index in [2.05, 4.69) is 19.6 Å². The predicted octanol–water partition coefficient (Wildman–Crippen LogP) is 3.24. The Morgan fingerprint density at radius 1 is 1.07 bits per heavy atom. The Morgan fingerprint density at radius 2 is 1.57 bits per heavy atom. The SMILES string of the molecule is [N-]=[N+]=NP(=S)(N=[N+]=[N-])c1ccccc1. The first-order valence-electron chi connectivity index (χ1n) is 3.52. The molecule has 0 heterocycles. The molecule has 6 nitrogen and oxygen atoms in total. The van der Waals surface area contributed by atoms with Gasteiger partial charge in [0.25, 0.3) is 0 Å². The van der Waals surface area contributed by atoms with E-state index in [4.69, 9.17) is 22.9 Å². The van der Waals surface area contributed by atoms with Crippen molar-refractivity contribution in [2.24, 2.45) is 9.77 Å². The van der Waals surface area contributed by atoms with Crippen molar-refractivity contribution in [3.8, 4) is 0 Å². The summed E-state index contributed by atoms with van der Waals surface area (Å²) in [4.78, 5) is 12.0. The molecule has 1 rings (SSSR count). The minimum Gasteiger partial charge on any atom is -0.0787 e. The van der Waals surface area contributed by atoms with Gasteiger partial charge in [-0.15, -0.1) is 0 Å². The molecule has 8 heteroatoms. The molecule has 0 bridgehead atoms. The molecular weight excluding hydrogens is 219 g/mol. The summed E-state index contributed by atoms with van der Waals surface area (Å²) in [6.07, 6.45) is -2.82. The summed E-state index contributed by atoms with van der Waals surface area (Å²) < 4.78 is 0. The standard InChI is InChI=1S/C6H5N6PS/c7-9-11-13(14,12-10-8)6-4-2-1-3-5-6/h1-5H. The van der Waals surface area contributed by atoms with Crippen LogP contribution in [0.15, 0.2) is 40.1 Å². The fourth-order valence-electron chi connectivity index (χ4n) is 0.852. The molecule has 0 aromatic heterocycles. The number of azide groups is 1. The molecule has 0 aliphatic heterocycles. The van der Waals surface area contributed by atoms with E-state index in [1.165, 1.54) is 0 Å². The maximum absolute atomic E-state index is 8.33. The van der Waals surface area contributed by atoms with E-state index >= 15 is 0 Å². The van der Waals surface area contributed by atoms with Gasteiger partial charge >= 0.3 is 0 Å². The second kappa shape index (κ2) is 4.65. The minimum absolute atomic E-state index is 0.589. The van der Waals surface area contributed by atoms with Crippen LogP contribution < -0.4 is 5.30 Å². The number of hydrogen-bond acceptors (Lipinski definition) is 1. The van der Waals surface area contributed by atoms with Crippen LogP contribution in [0.2, 0.25) is 0 Å². The maximum Gasteiger partial charge on any atom is 0.155 e. The summed E-state index contributed by atoms with van der Waals surface area (Å²) in [5, 5.41) is 0.589. The van der Waals surface area contributed by atoms with Gasteiger partial charge in [-0.3, -0.25) is 0 Å². The van der Waals surface area contributed by atoms with Crippen LogP contribution in [-0.4, -0.2) is 0 Å². The van der Waals surface area contributed by atoms with Crippen molar-refractivity contribution in [3.05, 3.63) is 51.2 Å². The van der Waals surface area contributed by atoms with Crippen molar-refractivity contribution in [3.63, 3.8) is 0 Å². The third-order valence-corrected chi connectivity index (χ3v) is 4.10. The van der Waals surface area contributed by atoms with Gasteiger partial charge in [0, 0.05) is 9.82 Å². The third kappa shape index (κ3) is 2.25. The summed E-state index contributed by atoms with van der Waals surface area (Å²) in [5.74, 6) is 0. The predicted molar refractivity (Wildman–Crippen MR) is 58.7 cm³/mol. The van der Waals surface area contributed by atoms with Gasteiger partial charge in [0.1, 0.15) is 0 Å². The highest BCUT2D eigenvalue weighted by atomic mass is 32.4. The second-order valence-corrected chi connectivity index (χ2v) is 5.73. The van der Waals surface area contributed by atoms with E-state index in [0.717, 1.165) is 0 Å². The van der Waals surface area contributed by atoms with E-state index < -0.39 is 6.34 Å². The third-order valence-electron chi connectivity index (χ3n) is 1.42. The normalized spacial score (nSPS) is 13.1. The highest BCUT2D eigenvalue weighted by Crippen LogP contribution is 2.48. The van der Waals surface area contributed by atoms with Gasteiger partial charge < -0.3 is 0 Å². The Hall–Kier alpha value is -1.51. The van der Waals surface area contributed by atoms with Crippen molar-refractivity contribution < 1.29 is 0 Å². The molecule has 1 aromatic rings. The first-order valence-corrected chi connectivity index (χ1v) is 6.22. The molecule has 0 N–H and O–H groups in total. The van der Waals surface area contributed by atoms with Gasteiger partial charge in [-0.2, -0.15) is 0 Å². The lowest BCUT2D eigenvalue weighted by Crippen LogP contribution is -1.98. The molecule has 0 radical (unpaired) electrons. The zero-order valence-electron chi connectivity index (χ0n) is 6.93. The van der Waals surface area contributed by atoms with Gasteiger partial charge in [0.2, 0.25) is 0 Å². The van der Waals surface area contributed by atoms with Crippen LogP contribution >= 0.6 is 6.34 Å². The lowest BCUT2D eigenvalue weighted by atomic mass is 10.4. The largest absolute Gasteiger partial charge is 0.155 e. The second-order valence-electron chi connectivity index (χ2n) is 2.24. The average molecular weight is 224 g/mol. The Balaban J connectivity index is 3.33. The molecule has 0 spiro atoms. The monoisotopic (exact) mass is 224 g/mol. The highest BCUT2D eigenvalue weighted by molar-refractivity contribution is 8.16. The lowest BCUT2D eigenvalue weighted by molar-refractivity contribution is 1.62. The number of nitrogens with zero attached hydrogens (tertiary/aromatic N) is 6. The van der Waals surface area contributed by atoms with Crippen molar-refractivity contribution in [2.45, 2.75) is 0 Å². The van der Waals surface area contributed by atoms with E-state index in [1.54, 1.807) is 30.3 Å². The van der Waals surface area contributed by atoms with Crippen LogP contribution in [0.1, 0.15) is 0 Å². The molecule has 0 unspecified atom stereocenters. The minimum atomic E-state index is -2.82. The van der Waals surface area contributed by atoms with E-state index in [0.29, 0.717) is 5.30 Å². The van der Waals surface area contributed by atoms with E-state index in [9.17, 15) is 0 Å². The topological polar surface area (TPSA) is 97.5 Å². The zero-order valence-corrected chi connectivity index (χ0v) is 8.64. The molecule has 0 saturated heterocycles. The molecule has 70 valence electrons. The Labute approximate surface area is 84.9 Å². The van der Waals surface area contributed by atoms with Crippen LogP contribution in [0.3, 0.4) is 0 Å². The van der Waals surface area contributed by atoms with Crippen LogP contribution in [0, 0.1) is 0 Å². The van der Waals surface area contributed by atoms with Crippen molar-refractivity contribution in [1.82, 2.24) is 0 Å². The molecule has 0 fully saturated rings. The van der Waals surface area contributed by atoms with Gasteiger partial charge in [-0.05, 0) is 16.4 Å². The summed E-state index contributed by atoms with van der Waals surface area (Å²) >= 11 is 5.04. The lowest BCUT2D eigenvalue weighted by Gasteiger charge is -2.07. The summed E-state index contributed by atoms with van der Waals surface area (Å²) in [5.41, 5.74) is 16.7. The van der Waals surface area contributed by atoms with Crippen molar-refractivity contribution in [2.75, 3.05) is 0 Å². The van der Waals surface area contributed by atoms with Gasteiger partial charge in [0.15, 0.2) is 6.34 Å². The first-order chi connectivity index (χ1) is 6.73. The number of hydrogen-bond donors (Lipinski definition) is 0. The molecule has 0 aliphatic rings. The van der Waals surface area contributed by atoms with Crippen LogP contribution in [0.25, 0.3) is 20.9 Å². The molecule has 14 heavy (non-hydrogen) atoms. The fraction of sp³-hybridized carbons (Fsp3) is 0. The van der Waals surface area contributed by atoms with Crippen molar-refractivity contribution >= 4 is 23.5 Å². The number of rotatable bonds is 3. The van der Waals surface area contributed by atoms with Crippen LogP contribution in [-0.2, 0) is 11.8 Å². The average Bonchev–Trinajstić information content (AvgIpc) is 2.20. The van der Waals surface area contributed by atoms with Gasteiger partial charge in [-0.1, -0.05) is 51.9 Å². The highest BCUT2D eigenvalue weighted by Gasteiger charge is 2.14. The summed E-state index contributed by atoms with van der Waals surface area (Å²) in [6, 6.07) is 8.66.